The van der Waals surface area contributed by atoms with Crippen molar-refractivity contribution in [2.24, 2.45) is 5.92 Å². The third-order valence-electron chi connectivity index (χ3n) is 4.41. The molecule has 2 rings (SSSR count). The minimum atomic E-state index is -0.740. The summed E-state index contributed by atoms with van der Waals surface area (Å²) in [6.45, 7) is 4.25. The molecule has 0 unspecified atom stereocenters. The standard InChI is InChI=1S/C19H26N2O5/c1-13(2)16(18(23)25-3)20-17(22)15-10-7-11-21(15)19(24)26-12-14-8-5-4-6-9-14/h4-6,8-9,13,15-16H,7,10-12H2,1-3H3,(H,20,22)/t15-,16-/m0/s1. The molecule has 1 saturated heterocycles. The molecule has 1 aromatic rings. The average molecular weight is 362 g/mol. The highest BCUT2D eigenvalue weighted by atomic mass is 16.6. The lowest BCUT2D eigenvalue weighted by atomic mass is 10.0. The lowest BCUT2D eigenvalue weighted by molar-refractivity contribution is -0.146. The summed E-state index contributed by atoms with van der Waals surface area (Å²) in [5.41, 5.74) is 0.881. The predicted molar refractivity (Wildman–Crippen MR) is 95.1 cm³/mol. The van der Waals surface area contributed by atoms with Gasteiger partial charge in [-0.1, -0.05) is 44.2 Å². The zero-order chi connectivity index (χ0) is 19.1. The second kappa shape index (κ2) is 9.22. The summed E-state index contributed by atoms with van der Waals surface area (Å²) in [6.07, 6.45) is 0.729. The van der Waals surface area contributed by atoms with Crippen LogP contribution in [0.25, 0.3) is 0 Å². The Morgan fingerprint density at radius 1 is 1.23 bits per heavy atom. The topological polar surface area (TPSA) is 84.9 Å². The van der Waals surface area contributed by atoms with Gasteiger partial charge in [0.15, 0.2) is 0 Å². The van der Waals surface area contributed by atoms with Gasteiger partial charge in [-0.3, -0.25) is 9.69 Å². The number of esters is 1. The molecule has 7 heteroatoms. The van der Waals surface area contributed by atoms with Crippen molar-refractivity contribution in [1.29, 1.82) is 0 Å². The molecule has 0 aliphatic carbocycles. The molecule has 1 aliphatic rings. The molecule has 0 saturated carbocycles. The highest BCUT2D eigenvalue weighted by Crippen LogP contribution is 2.20. The maximum absolute atomic E-state index is 12.6. The van der Waals surface area contributed by atoms with E-state index in [9.17, 15) is 14.4 Å². The van der Waals surface area contributed by atoms with Gasteiger partial charge in [0.1, 0.15) is 18.7 Å². The van der Waals surface area contributed by atoms with Crippen LogP contribution in [0, 0.1) is 5.92 Å². The van der Waals surface area contributed by atoms with Gasteiger partial charge in [-0.15, -0.1) is 0 Å². The van der Waals surface area contributed by atoms with E-state index < -0.39 is 24.1 Å². The van der Waals surface area contributed by atoms with Gasteiger partial charge in [-0.25, -0.2) is 9.59 Å². The normalized spacial score (nSPS) is 17.7. The zero-order valence-electron chi connectivity index (χ0n) is 15.4. The van der Waals surface area contributed by atoms with Crippen LogP contribution >= 0.6 is 0 Å². The van der Waals surface area contributed by atoms with Crippen LogP contribution in [-0.2, 0) is 25.7 Å². The summed E-state index contributed by atoms with van der Waals surface area (Å²) in [5.74, 6) is -0.973. The van der Waals surface area contributed by atoms with Crippen molar-refractivity contribution < 1.29 is 23.9 Å². The van der Waals surface area contributed by atoms with Crippen molar-refractivity contribution in [3.05, 3.63) is 35.9 Å². The number of methoxy groups -OCH3 is 1. The van der Waals surface area contributed by atoms with E-state index in [-0.39, 0.29) is 18.4 Å². The number of hydrogen-bond acceptors (Lipinski definition) is 5. The van der Waals surface area contributed by atoms with Gasteiger partial charge in [0.25, 0.3) is 0 Å². The highest BCUT2D eigenvalue weighted by Gasteiger charge is 2.37. The summed E-state index contributed by atoms with van der Waals surface area (Å²) in [7, 11) is 1.28. The van der Waals surface area contributed by atoms with Crippen molar-refractivity contribution in [3.8, 4) is 0 Å². The number of nitrogens with zero attached hydrogens (tertiary/aromatic N) is 1. The third-order valence-corrected chi connectivity index (χ3v) is 4.41. The number of rotatable bonds is 6. The number of likely N-dealkylation sites (tertiary alicyclic amines) is 1. The Kier molecular flexibility index (Phi) is 7.00. The first kappa shape index (κ1) is 19.8. The monoisotopic (exact) mass is 362 g/mol. The van der Waals surface area contributed by atoms with E-state index in [0.29, 0.717) is 19.4 Å². The van der Waals surface area contributed by atoms with Gasteiger partial charge >= 0.3 is 12.1 Å². The first-order chi connectivity index (χ1) is 12.4. The van der Waals surface area contributed by atoms with E-state index in [1.54, 1.807) is 0 Å². The molecule has 0 radical (unpaired) electrons. The van der Waals surface area contributed by atoms with Crippen molar-refractivity contribution in [1.82, 2.24) is 10.2 Å². The van der Waals surface area contributed by atoms with Crippen LogP contribution in [0.4, 0.5) is 4.79 Å². The molecule has 1 aliphatic heterocycles. The largest absolute Gasteiger partial charge is 0.467 e. The second-order valence-electron chi connectivity index (χ2n) is 6.65. The number of benzene rings is 1. The highest BCUT2D eigenvalue weighted by molar-refractivity contribution is 5.90. The Morgan fingerprint density at radius 2 is 1.92 bits per heavy atom. The minimum Gasteiger partial charge on any atom is -0.467 e. The fraction of sp³-hybridized carbons (Fsp3) is 0.526. The number of carbonyl (C=O) groups is 3. The number of carbonyl (C=O) groups excluding carboxylic acids is 3. The van der Waals surface area contributed by atoms with E-state index in [1.165, 1.54) is 12.0 Å². The fourth-order valence-corrected chi connectivity index (χ4v) is 2.93. The van der Waals surface area contributed by atoms with Gasteiger partial charge in [0.2, 0.25) is 5.91 Å². The molecule has 0 bridgehead atoms. The zero-order valence-corrected chi connectivity index (χ0v) is 15.4. The van der Waals surface area contributed by atoms with Crippen LogP contribution in [0.3, 0.4) is 0 Å². The smallest absolute Gasteiger partial charge is 0.410 e. The minimum absolute atomic E-state index is 0.119. The molecule has 142 valence electrons. The second-order valence-corrected chi connectivity index (χ2v) is 6.65. The van der Waals surface area contributed by atoms with Crippen molar-refractivity contribution >= 4 is 18.0 Å². The van der Waals surface area contributed by atoms with Crippen molar-refractivity contribution in [2.45, 2.75) is 45.4 Å². The number of amides is 2. The molecule has 26 heavy (non-hydrogen) atoms. The van der Waals surface area contributed by atoms with Crippen LogP contribution in [0.5, 0.6) is 0 Å². The maximum Gasteiger partial charge on any atom is 0.410 e. The van der Waals surface area contributed by atoms with E-state index in [1.807, 2.05) is 44.2 Å². The van der Waals surface area contributed by atoms with Gasteiger partial charge in [-0.05, 0) is 24.3 Å². The summed E-state index contributed by atoms with van der Waals surface area (Å²) >= 11 is 0. The predicted octanol–water partition coefficient (Wildman–Crippen LogP) is 2.10. The van der Waals surface area contributed by atoms with E-state index in [0.717, 1.165) is 5.56 Å². The SMILES string of the molecule is COC(=O)[C@@H](NC(=O)[C@@H]1CCCN1C(=O)OCc1ccccc1)C(C)C. The van der Waals surface area contributed by atoms with Crippen LogP contribution in [0.15, 0.2) is 30.3 Å². The summed E-state index contributed by atoms with van der Waals surface area (Å²) in [6, 6.07) is 7.98. The van der Waals surface area contributed by atoms with Crippen LogP contribution in [-0.4, -0.2) is 48.6 Å². The lowest BCUT2D eigenvalue weighted by Crippen LogP contribution is -2.52. The fourth-order valence-electron chi connectivity index (χ4n) is 2.93. The van der Waals surface area contributed by atoms with Gasteiger partial charge < -0.3 is 14.8 Å². The molecule has 0 spiro atoms. The lowest BCUT2D eigenvalue weighted by Gasteiger charge is -2.26. The van der Waals surface area contributed by atoms with Crippen LogP contribution < -0.4 is 5.32 Å². The summed E-state index contributed by atoms with van der Waals surface area (Å²) < 4.78 is 10.1. The quantitative estimate of drug-likeness (QED) is 0.784. The van der Waals surface area contributed by atoms with Gasteiger partial charge in [0, 0.05) is 6.54 Å². The van der Waals surface area contributed by atoms with Crippen LogP contribution in [0.2, 0.25) is 0 Å². The molecular weight excluding hydrogens is 336 g/mol. The molecule has 7 nitrogen and oxygen atoms in total. The van der Waals surface area contributed by atoms with Crippen LogP contribution in [0.1, 0.15) is 32.3 Å². The molecule has 1 fully saturated rings. The number of nitrogens with one attached hydrogen (secondary N) is 1. The Bertz CT molecular complexity index is 632. The third kappa shape index (κ3) is 4.97. The van der Waals surface area contributed by atoms with E-state index in [4.69, 9.17) is 9.47 Å². The summed E-state index contributed by atoms with van der Waals surface area (Å²) in [5, 5.41) is 2.70. The van der Waals surface area contributed by atoms with Crippen molar-refractivity contribution in [3.63, 3.8) is 0 Å². The Balaban J connectivity index is 1.96. The van der Waals surface area contributed by atoms with E-state index in [2.05, 4.69) is 5.32 Å². The molecule has 1 aromatic carbocycles. The Labute approximate surface area is 153 Å². The average Bonchev–Trinajstić information content (AvgIpc) is 3.14. The molecule has 1 heterocycles. The molecule has 2 amide bonds. The first-order valence-electron chi connectivity index (χ1n) is 8.79. The van der Waals surface area contributed by atoms with E-state index >= 15 is 0 Å². The molecule has 0 aromatic heterocycles. The Morgan fingerprint density at radius 3 is 2.54 bits per heavy atom. The molecule has 2 atom stereocenters. The van der Waals surface area contributed by atoms with Gasteiger partial charge in [0.05, 0.1) is 7.11 Å². The number of hydrogen-bond donors (Lipinski definition) is 1. The first-order valence-corrected chi connectivity index (χ1v) is 8.79. The molecule has 1 N–H and O–H groups in total. The number of ether oxygens (including phenoxy) is 2. The Hall–Kier alpha value is -2.57. The van der Waals surface area contributed by atoms with Crippen molar-refractivity contribution in [2.75, 3.05) is 13.7 Å². The maximum atomic E-state index is 12.6. The molecular formula is C19H26N2O5. The summed E-state index contributed by atoms with van der Waals surface area (Å²) in [4.78, 5) is 38.2. The van der Waals surface area contributed by atoms with Gasteiger partial charge in [-0.2, -0.15) is 0 Å².